The molecule has 1 rings (SSSR count). The molecule has 0 aliphatic carbocycles. The summed E-state index contributed by atoms with van der Waals surface area (Å²) in [6.07, 6.45) is 7.51. The van der Waals surface area contributed by atoms with Crippen molar-refractivity contribution in [3.63, 3.8) is 0 Å². The van der Waals surface area contributed by atoms with Gasteiger partial charge in [-0.05, 0) is 30.7 Å². The number of unbranched alkanes of at least 4 members (excludes halogenated alkanes) is 2. The van der Waals surface area contributed by atoms with Gasteiger partial charge in [0.15, 0.2) is 0 Å². The van der Waals surface area contributed by atoms with Crippen LogP contribution in [0.15, 0.2) is 30.3 Å². The molecule has 0 bridgehead atoms. The second kappa shape index (κ2) is 6.73. The van der Waals surface area contributed by atoms with Crippen LogP contribution in [-0.4, -0.2) is 0 Å². The fourth-order valence-electron chi connectivity index (χ4n) is 2.24. The molecule has 0 aliphatic rings. The number of rotatable bonds is 7. The van der Waals surface area contributed by atoms with Gasteiger partial charge in [0.1, 0.15) is 0 Å². The molecule has 0 saturated heterocycles. The number of benzene rings is 1. The highest BCUT2D eigenvalue weighted by atomic mass is 14.3. The third-order valence-electron chi connectivity index (χ3n) is 3.40. The van der Waals surface area contributed by atoms with Gasteiger partial charge in [-0.25, -0.2) is 0 Å². The van der Waals surface area contributed by atoms with Crippen molar-refractivity contribution in [1.82, 2.24) is 0 Å². The van der Waals surface area contributed by atoms with Gasteiger partial charge < -0.3 is 0 Å². The van der Waals surface area contributed by atoms with E-state index >= 15 is 0 Å². The Kier molecular flexibility index (Phi) is 5.59. The van der Waals surface area contributed by atoms with Crippen LogP contribution in [-0.2, 0) is 5.41 Å². The van der Waals surface area contributed by atoms with Crippen LogP contribution in [0, 0.1) is 6.92 Å². The van der Waals surface area contributed by atoms with Crippen LogP contribution >= 0.6 is 0 Å². The average molecular weight is 217 g/mol. The largest absolute Gasteiger partial charge is 0.0654 e. The third-order valence-corrected chi connectivity index (χ3v) is 3.40. The Morgan fingerprint density at radius 1 is 0.938 bits per heavy atom. The summed E-state index contributed by atoms with van der Waals surface area (Å²) in [5.41, 5.74) is 1.56. The van der Waals surface area contributed by atoms with Crippen LogP contribution in [0.1, 0.15) is 57.9 Å². The third kappa shape index (κ3) is 3.66. The predicted octanol–water partition coefficient (Wildman–Crippen LogP) is 5.14. The summed E-state index contributed by atoms with van der Waals surface area (Å²) in [5.74, 6) is 0. The molecule has 1 radical (unpaired) electrons. The molecular formula is C16H25. The van der Waals surface area contributed by atoms with Gasteiger partial charge >= 0.3 is 0 Å². The molecule has 16 heavy (non-hydrogen) atoms. The summed E-state index contributed by atoms with van der Waals surface area (Å²) in [5, 5.41) is 0. The fraction of sp³-hybridized carbons (Fsp3) is 0.562. The second-order valence-corrected chi connectivity index (χ2v) is 4.85. The van der Waals surface area contributed by atoms with Crippen molar-refractivity contribution in [3.8, 4) is 0 Å². The van der Waals surface area contributed by atoms with Gasteiger partial charge in [0.2, 0.25) is 0 Å². The van der Waals surface area contributed by atoms with E-state index in [-0.39, 0.29) is 5.41 Å². The zero-order chi connectivity index (χ0) is 11.9. The first-order valence-corrected chi connectivity index (χ1v) is 6.64. The van der Waals surface area contributed by atoms with Crippen molar-refractivity contribution < 1.29 is 0 Å². The van der Waals surface area contributed by atoms with E-state index in [2.05, 4.69) is 51.1 Å². The first kappa shape index (κ1) is 13.3. The molecule has 0 atom stereocenters. The molecule has 0 fully saturated rings. The lowest BCUT2D eigenvalue weighted by Gasteiger charge is -2.30. The Bertz CT molecular complexity index is 265. The van der Waals surface area contributed by atoms with Gasteiger partial charge in [0.05, 0.1) is 0 Å². The van der Waals surface area contributed by atoms with Gasteiger partial charge in [-0.15, -0.1) is 0 Å². The Morgan fingerprint density at radius 2 is 1.44 bits per heavy atom. The van der Waals surface area contributed by atoms with Gasteiger partial charge in [-0.2, -0.15) is 0 Å². The second-order valence-electron chi connectivity index (χ2n) is 4.85. The normalized spacial score (nSPS) is 11.7. The quantitative estimate of drug-likeness (QED) is 0.593. The first-order chi connectivity index (χ1) is 7.73. The molecule has 0 saturated carbocycles. The van der Waals surface area contributed by atoms with Crippen LogP contribution in [0.3, 0.4) is 0 Å². The zero-order valence-electron chi connectivity index (χ0n) is 10.8. The maximum atomic E-state index is 4.51. The van der Waals surface area contributed by atoms with E-state index < -0.39 is 0 Å². The highest BCUT2D eigenvalue weighted by molar-refractivity contribution is 5.26. The van der Waals surface area contributed by atoms with Gasteiger partial charge in [-0.3, -0.25) is 0 Å². The Morgan fingerprint density at radius 3 is 1.88 bits per heavy atom. The van der Waals surface area contributed by atoms with Crippen molar-refractivity contribution in [2.24, 2.45) is 0 Å². The van der Waals surface area contributed by atoms with Crippen LogP contribution in [0.4, 0.5) is 0 Å². The van der Waals surface area contributed by atoms with E-state index in [1.165, 1.54) is 44.1 Å². The summed E-state index contributed by atoms with van der Waals surface area (Å²) in [7, 11) is 0. The molecule has 0 heterocycles. The smallest absolute Gasteiger partial charge is 0.00466 e. The molecular weight excluding hydrogens is 192 g/mol. The number of hydrogen-bond acceptors (Lipinski definition) is 0. The molecule has 0 unspecified atom stereocenters. The highest BCUT2D eigenvalue weighted by Gasteiger charge is 2.24. The molecule has 0 spiro atoms. The Hall–Kier alpha value is -0.780. The Labute approximate surface area is 101 Å². The topological polar surface area (TPSA) is 0 Å². The van der Waals surface area contributed by atoms with E-state index in [0.717, 1.165) is 0 Å². The van der Waals surface area contributed by atoms with E-state index in [9.17, 15) is 0 Å². The van der Waals surface area contributed by atoms with Crippen molar-refractivity contribution in [1.29, 1.82) is 0 Å². The van der Waals surface area contributed by atoms with Crippen molar-refractivity contribution in [2.75, 3.05) is 0 Å². The lowest BCUT2D eigenvalue weighted by atomic mass is 9.74. The van der Waals surface area contributed by atoms with Crippen molar-refractivity contribution in [3.05, 3.63) is 42.8 Å². The standard InChI is InChI=1S/C16H25/c1-4-6-13-16(3,14-7-5-2)15-11-9-8-10-12-15/h8-12H,3-7,13-14H2,1-2H3. The van der Waals surface area contributed by atoms with Gasteiger partial charge in [-0.1, -0.05) is 69.9 Å². The minimum absolute atomic E-state index is 0.146. The molecule has 0 aliphatic heterocycles. The Balaban J connectivity index is 2.77. The molecule has 0 heteroatoms. The SMILES string of the molecule is [CH2]C(CCCC)(CCCC)c1ccccc1. The average Bonchev–Trinajstić information content (AvgIpc) is 2.35. The van der Waals surface area contributed by atoms with Crippen LogP contribution in [0.5, 0.6) is 0 Å². The summed E-state index contributed by atoms with van der Waals surface area (Å²) >= 11 is 0. The lowest BCUT2D eigenvalue weighted by molar-refractivity contribution is 0.416. The fourth-order valence-corrected chi connectivity index (χ4v) is 2.24. The van der Waals surface area contributed by atoms with Crippen LogP contribution in [0.25, 0.3) is 0 Å². The van der Waals surface area contributed by atoms with Crippen molar-refractivity contribution in [2.45, 2.75) is 57.8 Å². The van der Waals surface area contributed by atoms with Crippen molar-refractivity contribution >= 4 is 0 Å². The molecule has 1 aromatic rings. The zero-order valence-corrected chi connectivity index (χ0v) is 10.8. The summed E-state index contributed by atoms with van der Waals surface area (Å²) < 4.78 is 0. The van der Waals surface area contributed by atoms with E-state index in [1.807, 2.05) is 0 Å². The van der Waals surface area contributed by atoms with E-state index in [0.29, 0.717) is 0 Å². The molecule has 89 valence electrons. The number of hydrogen-bond donors (Lipinski definition) is 0. The van der Waals surface area contributed by atoms with Crippen LogP contribution < -0.4 is 0 Å². The monoisotopic (exact) mass is 217 g/mol. The summed E-state index contributed by atoms with van der Waals surface area (Å²) in [6, 6.07) is 10.8. The molecule has 0 aromatic heterocycles. The maximum Gasteiger partial charge on any atom is -0.00466 e. The molecule has 0 amide bonds. The maximum absolute atomic E-state index is 4.51. The highest BCUT2D eigenvalue weighted by Crippen LogP contribution is 2.34. The predicted molar refractivity (Wildman–Crippen MR) is 72.5 cm³/mol. The van der Waals surface area contributed by atoms with E-state index in [1.54, 1.807) is 0 Å². The molecule has 1 aromatic carbocycles. The molecule has 0 nitrogen and oxygen atoms in total. The summed E-state index contributed by atoms with van der Waals surface area (Å²) in [6.45, 7) is 9.03. The van der Waals surface area contributed by atoms with Gasteiger partial charge in [0, 0.05) is 0 Å². The van der Waals surface area contributed by atoms with E-state index in [4.69, 9.17) is 0 Å². The molecule has 0 N–H and O–H groups in total. The minimum Gasteiger partial charge on any atom is -0.0654 e. The minimum atomic E-state index is 0.146. The summed E-state index contributed by atoms with van der Waals surface area (Å²) in [4.78, 5) is 0. The van der Waals surface area contributed by atoms with Gasteiger partial charge in [0.25, 0.3) is 0 Å². The van der Waals surface area contributed by atoms with Crippen LogP contribution in [0.2, 0.25) is 0 Å². The first-order valence-electron chi connectivity index (χ1n) is 6.64. The lowest BCUT2D eigenvalue weighted by Crippen LogP contribution is -2.22.